The van der Waals surface area contributed by atoms with Crippen LogP contribution in [0.1, 0.15) is 78.1 Å². The van der Waals surface area contributed by atoms with Crippen LogP contribution in [0.5, 0.6) is 0 Å². The summed E-state index contributed by atoms with van der Waals surface area (Å²) < 4.78 is 46.6. The van der Waals surface area contributed by atoms with Crippen molar-refractivity contribution >= 4 is 5.57 Å². The first-order valence-corrected chi connectivity index (χ1v) is 12.8. The normalized spacial score (nSPS) is 15.8. The molecule has 0 radical (unpaired) electrons. The number of aryl methyl sites for hydroxylation is 2. The Labute approximate surface area is 214 Å². The average Bonchev–Trinajstić information content (AvgIpc) is 3.25. The molecule has 0 aromatic carbocycles. The largest absolute Gasteiger partial charge is 0.494 e. The van der Waals surface area contributed by atoms with E-state index in [1.807, 2.05) is 42.8 Å². The van der Waals surface area contributed by atoms with Crippen LogP contribution in [-0.2, 0) is 17.7 Å². The lowest BCUT2D eigenvalue weighted by Crippen LogP contribution is -2.11. The van der Waals surface area contributed by atoms with Crippen molar-refractivity contribution in [3.05, 3.63) is 83.1 Å². The molecule has 0 unspecified atom stereocenters. The molecule has 0 fully saturated rings. The summed E-state index contributed by atoms with van der Waals surface area (Å²) in [6.07, 6.45) is 14.9. The van der Waals surface area contributed by atoms with Crippen molar-refractivity contribution in [2.45, 2.75) is 85.9 Å². The Morgan fingerprint density at radius 3 is 2.47 bits per heavy atom. The van der Waals surface area contributed by atoms with Crippen molar-refractivity contribution < 1.29 is 17.9 Å². The number of rotatable bonds is 10. The minimum Gasteiger partial charge on any atom is -0.494 e. The molecule has 0 saturated carbocycles. The zero-order chi connectivity index (χ0) is 27.0. The van der Waals surface area contributed by atoms with E-state index in [0.29, 0.717) is 24.3 Å². The lowest BCUT2D eigenvalue weighted by atomic mass is 10.0. The first-order valence-electron chi connectivity index (χ1n) is 12.8. The first-order chi connectivity index (χ1) is 17.2. The van der Waals surface area contributed by atoms with Crippen molar-refractivity contribution in [2.24, 2.45) is 5.73 Å². The van der Waals surface area contributed by atoms with E-state index in [1.165, 1.54) is 12.2 Å². The predicted octanol–water partition coefficient (Wildman–Crippen LogP) is 8.20. The van der Waals surface area contributed by atoms with E-state index < -0.39 is 11.7 Å². The Morgan fingerprint density at radius 1 is 1.17 bits per heavy atom. The van der Waals surface area contributed by atoms with Crippen LogP contribution < -0.4 is 5.73 Å². The maximum absolute atomic E-state index is 13.1. The van der Waals surface area contributed by atoms with Crippen LogP contribution in [0.2, 0.25) is 0 Å². The van der Waals surface area contributed by atoms with E-state index >= 15 is 0 Å². The number of nitrogens with two attached hydrogens (primary N) is 1. The van der Waals surface area contributed by atoms with Gasteiger partial charge in [0.2, 0.25) is 0 Å². The van der Waals surface area contributed by atoms with Gasteiger partial charge in [-0.25, -0.2) is 0 Å². The van der Waals surface area contributed by atoms with Crippen molar-refractivity contribution in [2.75, 3.05) is 6.61 Å². The molecule has 2 rings (SSSR count). The molecule has 0 saturated heterocycles. The summed E-state index contributed by atoms with van der Waals surface area (Å²) in [5.41, 5.74) is 7.90. The number of hydrogen-bond acceptors (Lipinski definition) is 3. The third kappa shape index (κ3) is 11.6. The van der Waals surface area contributed by atoms with E-state index in [2.05, 4.69) is 18.1 Å². The number of aromatic nitrogens is 2. The van der Waals surface area contributed by atoms with Crippen molar-refractivity contribution in [3.8, 4) is 0 Å². The van der Waals surface area contributed by atoms with E-state index in [1.54, 1.807) is 26.0 Å². The number of nitrogens with zero attached hydrogens (tertiary/aromatic N) is 2. The maximum atomic E-state index is 13.1. The highest BCUT2D eigenvalue weighted by atomic mass is 19.4. The summed E-state index contributed by atoms with van der Waals surface area (Å²) in [4.78, 5) is 0. The molecule has 1 aromatic rings. The second-order valence-corrected chi connectivity index (χ2v) is 8.46. The molecule has 200 valence electrons. The van der Waals surface area contributed by atoms with Gasteiger partial charge in [-0.2, -0.15) is 18.3 Å². The van der Waals surface area contributed by atoms with Gasteiger partial charge in [0.15, 0.2) is 0 Å². The topological polar surface area (TPSA) is 53.1 Å². The fraction of sp³-hybridized carbons (Fsp3) is 0.483. The molecule has 1 aliphatic heterocycles. The minimum atomic E-state index is -4.35. The number of hydrogen-bond donors (Lipinski definition) is 1. The summed E-state index contributed by atoms with van der Waals surface area (Å²) in [7, 11) is 0. The van der Waals surface area contributed by atoms with Gasteiger partial charge >= 0.3 is 6.18 Å². The van der Waals surface area contributed by atoms with Crippen LogP contribution in [0.3, 0.4) is 0 Å². The Balaban J connectivity index is 0.000000402. The van der Waals surface area contributed by atoms with E-state index in [9.17, 15) is 13.2 Å². The lowest BCUT2D eigenvalue weighted by Gasteiger charge is -2.11. The standard InChI is InChI=1S/C17H21F3N2.C12H21NO/c1-3-7-13(11-14(8-4-2)17(18,19)20)16-12-15-9-5-6-10-22(15)21-16;1-4-6-9-12(14-5-2)10-7-8-11(3)13/h3,7-8,11-12H,4-6,9-10H2,1-2H3;7-10H,4-6,13H2,1-3H3/b7-3-,13-11+,14-8-;10-7-,11-8+,12-9-. The quantitative estimate of drug-likeness (QED) is 0.257. The minimum absolute atomic E-state index is 0.341. The monoisotopic (exact) mass is 505 g/mol. The molecule has 4 nitrogen and oxygen atoms in total. The zero-order valence-corrected chi connectivity index (χ0v) is 22.4. The summed E-state index contributed by atoms with van der Waals surface area (Å²) in [5.74, 6) is 0.923. The third-order valence-electron chi connectivity index (χ3n) is 5.19. The molecular weight excluding hydrogens is 463 g/mol. The molecular formula is C29H42F3N3O. The molecule has 1 aromatic heterocycles. The lowest BCUT2D eigenvalue weighted by molar-refractivity contribution is -0.0883. The predicted molar refractivity (Wildman–Crippen MR) is 144 cm³/mol. The Bertz CT molecular complexity index is 949. The highest BCUT2D eigenvalue weighted by Crippen LogP contribution is 2.30. The van der Waals surface area contributed by atoms with Crippen LogP contribution >= 0.6 is 0 Å². The number of alkyl halides is 3. The molecule has 0 aliphatic carbocycles. The average molecular weight is 506 g/mol. The Kier molecular flexibility index (Phi) is 14.4. The van der Waals surface area contributed by atoms with Gasteiger partial charge in [0.05, 0.1) is 17.9 Å². The van der Waals surface area contributed by atoms with Gasteiger partial charge in [-0.15, -0.1) is 0 Å². The zero-order valence-electron chi connectivity index (χ0n) is 22.4. The molecule has 2 heterocycles. The first kappa shape index (κ1) is 31.1. The number of allylic oxidation sites excluding steroid dienone is 11. The fourth-order valence-electron chi connectivity index (χ4n) is 3.51. The number of unbranched alkanes of at least 4 members (excludes halogenated alkanes) is 1. The third-order valence-corrected chi connectivity index (χ3v) is 5.19. The van der Waals surface area contributed by atoms with Gasteiger partial charge in [0, 0.05) is 23.5 Å². The van der Waals surface area contributed by atoms with Crippen molar-refractivity contribution in [1.82, 2.24) is 9.78 Å². The number of fused-ring (bicyclic) bond motifs is 1. The fourth-order valence-corrected chi connectivity index (χ4v) is 3.51. The molecule has 0 amide bonds. The maximum Gasteiger partial charge on any atom is 0.416 e. The van der Waals surface area contributed by atoms with Crippen LogP contribution in [0.4, 0.5) is 13.2 Å². The highest BCUT2D eigenvalue weighted by molar-refractivity contribution is 5.74. The highest BCUT2D eigenvalue weighted by Gasteiger charge is 2.32. The van der Waals surface area contributed by atoms with E-state index in [0.717, 1.165) is 55.8 Å². The Morgan fingerprint density at radius 2 is 1.92 bits per heavy atom. The molecule has 2 N–H and O–H groups in total. The molecule has 1 aliphatic rings. The van der Waals surface area contributed by atoms with Crippen molar-refractivity contribution in [1.29, 1.82) is 0 Å². The number of ether oxygens (including phenoxy) is 1. The van der Waals surface area contributed by atoms with Gasteiger partial charge in [-0.3, -0.25) is 4.68 Å². The molecule has 7 heteroatoms. The summed E-state index contributed by atoms with van der Waals surface area (Å²) >= 11 is 0. The van der Waals surface area contributed by atoms with Crippen molar-refractivity contribution in [3.63, 3.8) is 0 Å². The Hall–Kier alpha value is -2.96. The van der Waals surface area contributed by atoms with Crippen LogP contribution in [0.25, 0.3) is 5.57 Å². The van der Waals surface area contributed by atoms with Gasteiger partial charge in [0.25, 0.3) is 0 Å². The molecule has 0 bridgehead atoms. The smallest absolute Gasteiger partial charge is 0.416 e. The second-order valence-electron chi connectivity index (χ2n) is 8.46. The van der Waals surface area contributed by atoms with E-state index in [-0.39, 0.29) is 0 Å². The van der Waals surface area contributed by atoms with Crippen LogP contribution in [0, 0.1) is 0 Å². The molecule has 0 spiro atoms. The summed E-state index contributed by atoms with van der Waals surface area (Å²) in [6.45, 7) is 11.0. The van der Waals surface area contributed by atoms with E-state index in [4.69, 9.17) is 10.5 Å². The number of halogens is 3. The SMILES string of the molecule is CCC/C=C(/C=C\C=C(/C)N)OCC.C\C=C/C(=C\C(=C\CC)C(F)(F)F)c1cc2n(n1)CCCC2. The van der Waals surface area contributed by atoms with Crippen LogP contribution in [-0.4, -0.2) is 22.6 Å². The second kappa shape index (κ2) is 16.7. The van der Waals surface area contributed by atoms with Gasteiger partial charge in [-0.1, -0.05) is 44.6 Å². The molecule has 0 atom stereocenters. The van der Waals surface area contributed by atoms with Crippen LogP contribution in [0.15, 0.2) is 71.7 Å². The summed E-state index contributed by atoms with van der Waals surface area (Å²) in [5, 5.41) is 4.47. The van der Waals surface area contributed by atoms with Gasteiger partial charge in [0.1, 0.15) is 5.76 Å². The molecule has 36 heavy (non-hydrogen) atoms. The van der Waals surface area contributed by atoms with Gasteiger partial charge < -0.3 is 10.5 Å². The summed E-state index contributed by atoms with van der Waals surface area (Å²) in [6, 6.07) is 1.91. The van der Waals surface area contributed by atoms with Gasteiger partial charge in [-0.05, 0) is 83.2 Å².